The van der Waals surface area contributed by atoms with E-state index in [2.05, 4.69) is 14.7 Å². The average Bonchev–Trinajstić information content (AvgIpc) is 2.67. The molecule has 1 N–H and O–H groups in total. The number of hydrogen-bond acceptors (Lipinski definition) is 4. The molecule has 0 unspecified atom stereocenters. The number of sulfonamides is 1. The Kier molecular flexibility index (Phi) is 5.43. The minimum Gasteiger partial charge on any atom is -0.240 e. The summed E-state index contributed by atoms with van der Waals surface area (Å²) in [6.07, 6.45) is -3.62. The number of nitrogens with one attached hydrogen (secondary N) is 1. The second kappa shape index (κ2) is 7.64. The summed E-state index contributed by atoms with van der Waals surface area (Å²) in [6, 6.07) is 10.8. The van der Waals surface area contributed by atoms with Crippen molar-refractivity contribution in [2.24, 2.45) is 0 Å². The van der Waals surface area contributed by atoms with Gasteiger partial charge in [0.25, 0.3) is 0 Å². The van der Waals surface area contributed by atoms with Gasteiger partial charge in [-0.15, -0.1) is 0 Å². The Balaban J connectivity index is 1.83. The van der Waals surface area contributed by atoms with E-state index in [0.29, 0.717) is 17.3 Å². The number of rotatable bonds is 5. The van der Waals surface area contributed by atoms with Crippen LogP contribution < -0.4 is 4.72 Å². The Hall–Kier alpha value is -2.85. The van der Waals surface area contributed by atoms with Crippen LogP contribution in [0.3, 0.4) is 0 Å². The van der Waals surface area contributed by atoms with Crippen LogP contribution in [0, 0.1) is 5.82 Å². The van der Waals surface area contributed by atoms with Crippen LogP contribution in [0.1, 0.15) is 11.3 Å². The molecule has 0 aliphatic rings. The van der Waals surface area contributed by atoms with Crippen molar-refractivity contribution < 1.29 is 26.0 Å². The maximum Gasteiger partial charge on any atom is 0.417 e. The highest BCUT2D eigenvalue weighted by Gasteiger charge is 2.36. The molecule has 0 amide bonds. The summed E-state index contributed by atoms with van der Waals surface area (Å²) in [5, 5.41) is 0. The lowest BCUT2D eigenvalue weighted by Crippen LogP contribution is -2.26. The van der Waals surface area contributed by atoms with Crippen LogP contribution in [0.15, 0.2) is 65.8 Å². The summed E-state index contributed by atoms with van der Waals surface area (Å²) < 4.78 is 79.1. The highest BCUT2D eigenvalue weighted by molar-refractivity contribution is 7.89. The van der Waals surface area contributed by atoms with Gasteiger partial charge in [-0.3, -0.25) is 0 Å². The lowest BCUT2D eigenvalue weighted by Gasteiger charge is -2.13. The zero-order valence-electron chi connectivity index (χ0n) is 14.1. The molecule has 3 aromatic rings. The quantitative estimate of drug-likeness (QED) is 0.649. The Morgan fingerprint density at radius 1 is 0.964 bits per heavy atom. The average molecular weight is 411 g/mol. The van der Waals surface area contributed by atoms with E-state index in [4.69, 9.17) is 0 Å². The van der Waals surface area contributed by atoms with E-state index in [-0.39, 0.29) is 12.2 Å². The van der Waals surface area contributed by atoms with Gasteiger partial charge in [0.1, 0.15) is 12.1 Å². The fraction of sp³-hybridized carbons (Fsp3) is 0.111. The standard InChI is InChI=1S/C18H13F4N3O2S/c19-13-7-5-12(6-8-13)16-9-14(23-11-24-16)10-25-28(26,27)17-4-2-1-3-15(17)18(20,21)22/h1-9,11,25H,10H2. The van der Waals surface area contributed by atoms with Crippen molar-refractivity contribution in [2.75, 3.05) is 0 Å². The normalized spacial score (nSPS) is 12.1. The second-order valence-electron chi connectivity index (χ2n) is 5.72. The molecule has 146 valence electrons. The molecule has 0 spiro atoms. The minimum atomic E-state index is -4.81. The second-order valence-corrected chi connectivity index (χ2v) is 7.46. The molecule has 0 aliphatic carbocycles. The minimum absolute atomic E-state index is 0.238. The van der Waals surface area contributed by atoms with Crippen molar-refractivity contribution in [2.45, 2.75) is 17.6 Å². The highest BCUT2D eigenvalue weighted by Crippen LogP contribution is 2.33. The molecule has 0 fully saturated rings. The summed E-state index contributed by atoms with van der Waals surface area (Å²) in [5.41, 5.74) is -0.0187. The lowest BCUT2D eigenvalue weighted by atomic mass is 10.1. The summed E-state index contributed by atoms with van der Waals surface area (Å²) in [6.45, 7) is -0.342. The highest BCUT2D eigenvalue weighted by atomic mass is 32.2. The topological polar surface area (TPSA) is 72.0 Å². The number of benzene rings is 2. The Morgan fingerprint density at radius 2 is 1.64 bits per heavy atom. The largest absolute Gasteiger partial charge is 0.417 e. The molecule has 0 atom stereocenters. The Bertz CT molecular complexity index is 1080. The molecule has 5 nitrogen and oxygen atoms in total. The van der Waals surface area contributed by atoms with Crippen molar-refractivity contribution in [3.8, 4) is 11.3 Å². The molecule has 2 aromatic carbocycles. The van der Waals surface area contributed by atoms with E-state index >= 15 is 0 Å². The van der Waals surface area contributed by atoms with Crippen molar-refractivity contribution in [3.63, 3.8) is 0 Å². The van der Waals surface area contributed by atoms with Crippen LogP contribution in [-0.4, -0.2) is 18.4 Å². The first-order chi connectivity index (χ1) is 13.2. The molecule has 1 heterocycles. The summed E-state index contributed by atoms with van der Waals surface area (Å²) in [7, 11) is -4.44. The van der Waals surface area contributed by atoms with Gasteiger partial charge in [-0.05, 0) is 42.5 Å². The van der Waals surface area contributed by atoms with Crippen LogP contribution in [-0.2, 0) is 22.7 Å². The molecule has 0 saturated heterocycles. The van der Waals surface area contributed by atoms with Gasteiger partial charge in [0.2, 0.25) is 10.0 Å². The summed E-state index contributed by atoms with van der Waals surface area (Å²) in [5.74, 6) is -0.422. The summed E-state index contributed by atoms with van der Waals surface area (Å²) >= 11 is 0. The third kappa shape index (κ3) is 4.52. The molecule has 28 heavy (non-hydrogen) atoms. The molecule has 0 radical (unpaired) electrons. The summed E-state index contributed by atoms with van der Waals surface area (Å²) in [4.78, 5) is 7.08. The third-order valence-electron chi connectivity index (χ3n) is 3.79. The van der Waals surface area contributed by atoms with E-state index < -0.39 is 32.5 Å². The zero-order valence-corrected chi connectivity index (χ0v) is 14.9. The predicted octanol–water partition coefficient (Wildman–Crippen LogP) is 3.78. The van der Waals surface area contributed by atoms with Crippen LogP contribution in [0.25, 0.3) is 11.3 Å². The number of halogens is 4. The Morgan fingerprint density at radius 3 is 2.32 bits per heavy atom. The SMILES string of the molecule is O=S(=O)(NCc1cc(-c2ccc(F)cc2)ncn1)c1ccccc1C(F)(F)F. The smallest absolute Gasteiger partial charge is 0.240 e. The van der Waals surface area contributed by atoms with Crippen LogP contribution >= 0.6 is 0 Å². The lowest BCUT2D eigenvalue weighted by molar-refractivity contribution is -0.139. The van der Waals surface area contributed by atoms with E-state index in [1.165, 1.54) is 42.7 Å². The molecule has 0 aliphatic heterocycles. The maximum absolute atomic E-state index is 13.1. The number of hydrogen-bond donors (Lipinski definition) is 1. The Labute approximate surface area is 158 Å². The first-order valence-electron chi connectivity index (χ1n) is 7.89. The van der Waals surface area contributed by atoms with Crippen molar-refractivity contribution >= 4 is 10.0 Å². The van der Waals surface area contributed by atoms with Gasteiger partial charge in [-0.2, -0.15) is 13.2 Å². The number of alkyl halides is 3. The van der Waals surface area contributed by atoms with E-state index in [1.54, 1.807) is 0 Å². The van der Waals surface area contributed by atoms with Gasteiger partial charge in [-0.1, -0.05) is 12.1 Å². The molecule has 3 rings (SSSR count). The maximum atomic E-state index is 13.1. The molecule has 0 saturated carbocycles. The van der Waals surface area contributed by atoms with E-state index in [0.717, 1.165) is 12.1 Å². The first kappa shape index (κ1) is 19.9. The number of aromatic nitrogens is 2. The molecule has 0 bridgehead atoms. The molecule has 1 aromatic heterocycles. The van der Waals surface area contributed by atoms with Gasteiger partial charge in [0.05, 0.1) is 28.4 Å². The van der Waals surface area contributed by atoms with E-state index in [1.807, 2.05) is 0 Å². The van der Waals surface area contributed by atoms with Gasteiger partial charge in [0, 0.05) is 5.56 Å². The van der Waals surface area contributed by atoms with Crippen LogP contribution in [0.4, 0.5) is 17.6 Å². The van der Waals surface area contributed by atoms with Crippen LogP contribution in [0.5, 0.6) is 0 Å². The molecular formula is C18H13F4N3O2S. The predicted molar refractivity (Wildman–Crippen MR) is 92.9 cm³/mol. The van der Waals surface area contributed by atoms with E-state index in [9.17, 15) is 26.0 Å². The fourth-order valence-corrected chi connectivity index (χ4v) is 3.68. The molecular weight excluding hydrogens is 398 g/mol. The van der Waals surface area contributed by atoms with Gasteiger partial charge < -0.3 is 0 Å². The monoisotopic (exact) mass is 411 g/mol. The third-order valence-corrected chi connectivity index (χ3v) is 5.25. The van der Waals surface area contributed by atoms with Crippen molar-refractivity contribution in [1.82, 2.24) is 14.7 Å². The fourth-order valence-electron chi connectivity index (χ4n) is 2.45. The van der Waals surface area contributed by atoms with Crippen molar-refractivity contribution in [3.05, 3.63) is 78.0 Å². The van der Waals surface area contributed by atoms with Gasteiger partial charge in [-0.25, -0.2) is 27.5 Å². The van der Waals surface area contributed by atoms with Gasteiger partial charge >= 0.3 is 6.18 Å². The van der Waals surface area contributed by atoms with Crippen LogP contribution in [0.2, 0.25) is 0 Å². The number of nitrogens with zero attached hydrogens (tertiary/aromatic N) is 2. The zero-order chi connectivity index (χ0) is 20.4. The van der Waals surface area contributed by atoms with Crippen molar-refractivity contribution in [1.29, 1.82) is 0 Å². The van der Waals surface area contributed by atoms with Gasteiger partial charge in [0.15, 0.2) is 0 Å². The first-order valence-corrected chi connectivity index (χ1v) is 9.38. The molecule has 10 heteroatoms.